The first-order chi connectivity index (χ1) is 18.0. The SMILES string of the molecule is C[C@@H]1CS(=O)(=O)CCN1C[C@H]1CN(S(=O)(=O)C2=CC=CCC2=S)CCN1c1ccc([C@@](C)(O)C(F)(F)F)cc1. The van der Waals surface area contributed by atoms with Crippen LogP contribution < -0.4 is 4.90 Å². The molecular weight excluding hydrogens is 575 g/mol. The number of anilines is 1. The zero-order valence-corrected chi connectivity index (χ0v) is 24.1. The Kier molecular flexibility index (Phi) is 8.39. The molecule has 2 fully saturated rings. The number of sulfonamides is 1. The van der Waals surface area contributed by atoms with Crippen LogP contribution >= 0.6 is 12.2 Å². The van der Waals surface area contributed by atoms with Crippen LogP contribution in [0.3, 0.4) is 0 Å². The fourth-order valence-corrected chi connectivity index (χ4v) is 8.85. The summed E-state index contributed by atoms with van der Waals surface area (Å²) >= 11 is 5.31. The van der Waals surface area contributed by atoms with Crippen molar-refractivity contribution in [3.8, 4) is 0 Å². The van der Waals surface area contributed by atoms with E-state index < -0.39 is 37.7 Å². The van der Waals surface area contributed by atoms with Gasteiger partial charge in [0.2, 0.25) is 10.0 Å². The molecule has 14 heteroatoms. The molecule has 2 aliphatic heterocycles. The first kappa shape index (κ1) is 30.1. The minimum atomic E-state index is -4.86. The predicted octanol–water partition coefficient (Wildman–Crippen LogP) is 2.61. The highest BCUT2D eigenvalue weighted by Crippen LogP contribution is 2.39. The van der Waals surface area contributed by atoms with Crippen LogP contribution in [0.15, 0.2) is 47.4 Å². The second-order valence-corrected chi connectivity index (χ2v) is 15.0. The third-order valence-corrected chi connectivity index (χ3v) is 11.9. The Morgan fingerprint density at radius 1 is 1.13 bits per heavy atom. The normalized spacial score (nSPS) is 26.8. The maximum Gasteiger partial charge on any atom is 0.421 e. The van der Waals surface area contributed by atoms with Gasteiger partial charge in [0.25, 0.3) is 0 Å². The highest BCUT2D eigenvalue weighted by molar-refractivity contribution is 7.96. The van der Waals surface area contributed by atoms with E-state index in [9.17, 15) is 35.1 Å². The van der Waals surface area contributed by atoms with Gasteiger partial charge < -0.3 is 10.0 Å². The summed E-state index contributed by atoms with van der Waals surface area (Å²) in [6, 6.07) is 4.72. The smallest absolute Gasteiger partial charge is 0.376 e. The van der Waals surface area contributed by atoms with Gasteiger partial charge in [-0.2, -0.15) is 17.5 Å². The number of hydrogen-bond acceptors (Lipinski definition) is 8. The lowest BCUT2D eigenvalue weighted by Crippen LogP contribution is -2.60. The molecule has 1 aromatic rings. The molecule has 0 saturated carbocycles. The van der Waals surface area contributed by atoms with Gasteiger partial charge in [-0.05, 0) is 37.6 Å². The van der Waals surface area contributed by atoms with Gasteiger partial charge in [0.1, 0.15) is 0 Å². The van der Waals surface area contributed by atoms with Gasteiger partial charge >= 0.3 is 6.18 Å². The van der Waals surface area contributed by atoms with Crippen molar-refractivity contribution < 1.29 is 35.1 Å². The standard InChI is InChI=1S/C25H32F3N3O5S3/c1-18-17-38(33,34)14-13-29(18)15-21-16-30(39(35,36)23-6-4-3-5-22(23)37)11-12-31(21)20-9-7-19(8-10-20)24(2,32)25(26,27)28/h3-4,6-10,18,21,32H,5,11-17H2,1-2H3/t18-,21+,24-/m1/s1. The number of halogens is 3. The van der Waals surface area contributed by atoms with Gasteiger partial charge in [0.05, 0.1) is 22.5 Å². The molecule has 1 N–H and O–H groups in total. The number of alkyl halides is 3. The molecule has 0 amide bonds. The van der Waals surface area contributed by atoms with Crippen LogP contribution in [0.4, 0.5) is 18.9 Å². The highest BCUT2D eigenvalue weighted by atomic mass is 32.2. The molecule has 0 spiro atoms. The molecule has 0 radical (unpaired) electrons. The van der Waals surface area contributed by atoms with Crippen LogP contribution in [0, 0.1) is 0 Å². The van der Waals surface area contributed by atoms with E-state index >= 15 is 0 Å². The Morgan fingerprint density at radius 2 is 1.79 bits per heavy atom. The first-order valence-electron chi connectivity index (χ1n) is 12.5. The van der Waals surface area contributed by atoms with E-state index in [0.29, 0.717) is 37.0 Å². The van der Waals surface area contributed by atoms with Gasteiger partial charge in [-0.15, -0.1) is 0 Å². The van der Waals surface area contributed by atoms with Crippen molar-refractivity contribution in [3.63, 3.8) is 0 Å². The summed E-state index contributed by atoms with van der Waals surface area (Å²) in [6.07, 6.45) is 0.436. The molecule has 1 aliphatic carbocycles. The summed E-state index contributed by atoms with van der Waals surface area (Å²) in [4.78, 5) is 4.36. The maximum atomic E-state index is 13.5. The predicted molar refractivity (Wildman–Crippen MR) is 148 cm³/mol. The van der Waals surface area contributed by atoms with Crippen molar-refractivity contribution in [3.05, 3.63) is 53.0 Å². The molecule has 0 unspecified atom stereocenters. The summed E-state index contributed by atoms with van der Waals surface area (Å²) in [5.41, 5.74) is -2.75. The summed E-state index contributed by atoms with van der Waals surface area (Å²) in [7, 11) is -7.05. The average Bonchev–Trinajstić information content (AvgIpc) is 2.85. The lowest BCUT2D eigenvalue weighted by molar-refractivity contribution is -0.258. The number of thiocarbonyl (C=S) groups is 1. The van der Waals surface area contributed by atoms with E-state index in [1.54, 1.807) is 12.2 Å². The third kappa shape index (κ3) is 6.25. The lowest BCUT2D eigenvalue weighted by Gasteiger charge is -2.46. The van der Waals surface area contributed by atoms with E-state index in [1.165, 1.54) is 34.6 Å². The van der Waals surface area contributed by atoms with Crippen molar-refractivity contribution >= 4 is 42.6 Å². The van der Waals surface area contributed by atoms with Crippen molar-refractivity contribution in [1.82, 2.24) is 9.21 Å². The Balaban J connectivity index is 1.63. The molecule has 0 bridgehead atoms. The van der Waals surface area contributed by atoms with E-state index in [2.05, 4.69) is 0 Å². The van der Waals surface area contributed by atoms with Gasteiger partial charge in [0, 0.05) is 55.7 Å². The van der Waals surface area contributed by atoms with Crippen LogP contribution in [0.25, 0.3) is 0 Å². The molecule has 2 heterocycles. The molecule has 0 aromatic heterocycles. The van der Waals surface area contributed by atoms with E-state index in [-0.39, 0.29) is 47.7 Å². The van der Waals surface area contributed by atoms with Crippen molar-refractivity contribution in [2.45, 2.75) is 44.1 Å². The number of aliphatic hydroxyl groups is 1. The minimum absolute atomic E-state index is 0.000780. The first-order valence-corrected chi connectivity index (χ1v) is 16.2. The number of allylic oxidation sites excluding steroid dienone is 4. The summed E-state index contributed by atoms with van der Waals surface area (Å²) in [5.74, 6) is -0.00275. The van der Waals surface area contributed by atoms with E-state index in [4.69, 9.17) is 12.2 Å². The van der Waals surface area contributed by atoms with Gasteiger partial charge in [-0.1, -0.05) is 36.5 Å². The van der Waals surface area contributed by atoms with Gasteiger partial charge in [-0.25, -0.2) is 16.8 Å². The van der Waals surface area contributed by atoms with Gasteiger partial charge in [-0.3, -0.25) is 4.90 Å². The Labute approximate surface area is 232 Å². The monoisotopic (exact) mass is 607 g/mol. The van der Waals surface area contributed by atoms with Crippen molar-refractivity contribution in [2.75, 3.05) is 49.1 Å². The molecule has 8 nitrogen and oxygen atoms in total. The maximum absolute atomic E-state index is 13.5. The molecule has 216 valence electrons. The molecule has 4 rings (SSSR count). The Bertz CT molecular complexity index is 1370. The summed E-state index contributed by atoms with van der Waals surface area (Å²) in [6.45, 7) is 3.64. The van der Waals surface area contributed by atoms with Crippen LogP contribution in [-0.4, -0.2) is 98.5 Å². The third-order valence-electron chi connectivity index (χ3n) is 7.59. The number of sulfone groups is 1. The van der Waals surface area contributed by atoms with E-state index in [1.807, 2.05) is 16.7 Å². The molecule has 39 heavy (non-hydrogen) atoms. The molecule has 2 saturated heterocycles. The number of hydrogen-bond donors (Lipinski definition) is 1. The molecule has 3 atom stereocenters. The number of piperazine rings is 1. The topological polar surface area (TPSA) is 98.2 Å². The average molecular weight is 608 g/mol. The van der Waals surface area contributed by atoms with Crippen molar-refractivity contribution in [2.24, 2.45) is 0 Å². The largest absolute Gasteiger partial charge is 0.421 e. The zero-order valence-electron chi connectivity index (χ0n) is 21.6. The fourth-order valence-electron chi connectivity index (χ4n) is 5.15. The van der Waals surface area contributed by atoms with Crippen molar-refractivity contribution in [1.29, 1.82) is 0 Å². The second-order valence-electron chi connectivity index (χ2n) is 10.4. The number of rotatable bonds is 6. The zero-order chi connectivity index (χ0) is 28.8. The van der Waals surface area contributed by atoms with Crippen LogP contribution in [0.2, 0.25) is 0 Å². The van der Waals surface area contributed by atoms with Gasteiger partial charge in [0.15, 0.2) is 15.4 Å². The Hall–Kier alpha value is -1.84. The summed E-state index contributed by atoms with van der Waals surface area (Å²) < 4.78 is 92.6. The molecule has 1 aromatic carbocycles. The number of benzene rings is 1. The second kappa shape index (κ2) is 10.9. The van der Waals surface area contributed by atoms with Crippen LogP contribution in [-0.2, 0) is 25.5 Å². The summed E-state index contributed by atoms with van der Waals surface area (Å²) in [5, 5.41) is 10.0. The lowest BCUT2D eigenvalue weighted by atomic mass is 9.95. The molecular formula is C25H32F3N3O5S3. The van der Waals surface area contributed by atoms with E-state index in [0.717, 1.165) is 0 Å². The van der Waals surface area contributed by atoms with Crippen LogP contribution in [0.5, 0.6) is 0 Å². The highest BCUT2D eigenvalue weighted by Gasteiger charge is 2.51. The minimum Gasteiger partial charge on any atom is -0.376 e. The Morgan fingerprint density at radius 3 is 2.38 bits per heavy atom. The quantitative estimate of drug-likeness (QED) is 0.493. The number of nitrogens with zero attached hydrogens (tertiary/aromatic N) is 3. The van der Waals surface area contributed by atoms with Crippen LogP contribution in [0.1, 0.15) is 25.8 Å². The molecule has 3 aliphatic rings. The fraction of sp³-hybridized carbons (Fsp3) is 0.560.